The van der Waals surface area contributed by atoms with Crippen LogP contribution in [-0.2, 0) is 6.42 Å². The first-order chi connectivity index (χ1) is 9.56. The molecule has 0 amide bonds. The maximum absolute atomic E-state index is 4.06. The van der Waals surface area contributed by atoms with Crippen molar-refractivity contribution in [2.45, 2.75) is 46.6 Å². The smallest absolute Gasteiger partial charge is 0.0522 e. The molecule has 2 rings (SSSR count). The average molecular weight is 271 g/mol. The van der Waals surface area contributed by atoms with E-state index in [1.807, 2.05) is 6.20 Å². The molecule has 20 heavy (non-hydrogen) atoms. The van der Waals surface area contributed by atoms with Crippen molar-refractivity contribution in [3.05, 3.63) is 52.3 Å². The summed E-state index contributed by atoms with van der Waals surface area (Å²) in [6.45, 7) is 9.65. The average Bonchev–Trinajstić information content (AvgIpc) is 2.79. The molecule has 1 atom stereocenters. The van der Waals surface area contributed by atoms with E-state index in [2.05, 4.69) is 61.4 Å². The summed E-state index contributed by atoms with van der Waals surface area (Å²) >= 11 is 0. The van der Waals surface area contributed by atoms with Gasteiger partial charge in [0.2, 0.25) is 0 Å². The number of hydrogen-bond acceptors (Lipinski definition) is 2. The van der Waals surface area contributed by atoms with Gasteiger partial charge in [-0.25, -0.2) is 0 Å². The SMILES string of the molecule is Cc1cc(C)cc(C(C)NCCCc2cn[nH]c2C)c1. The molecule has 0 radical (unpaired) electrons. The zero-order valence-electron chi connectivity index (χ0n) is 13.0. The van der Waals surface area contributed by atoms with Gasteiger partial charge in [-0.2, -0.15) is 5.10 Å². The van der Waals surface area contributed by atoms with Gasteiger partial charge in [-0.1, -0.05) is 29.3 Å². The van der Waals surface area contributed by atoms with E-state index in [-0.39, 0.29) is 0 Å². The van der Waals surface area contributed by atoms with E-state index >= 15 is 0 Å². The molecule has 0 aliphatic carbocycles. The minimum atomic E-state index is 0.402. The van der Waals surface area contributed by atoms with E-state index in [9.17, 15) is 0 Å². The predicted octanol–water partition coefficient (Wildman–Crippen LogP) is 3.62. The van der Waals surface area contributed by atoms with Crippen LogP contribution in [0, 0.1) is 20.8 Å². The monoisotopic (exact) mass is 271 g/mol. The highest BCUT2D eigenvalue weighted by atomic mass is 15.1. The van der Waals surface area contributed by atoms with Gasteiger partial charge < -0.3 is 5.32 Å². The van der Waals surface area contributed by atoms with Crippen LogP contribution in [0.25, 0.3) is 0 Å². The molecule has 0 aliphatic heterocycles. The van der Waals surface area contributed by atoms with Crippen molar-refractivity contribution in [3.8, 4) is 0 Å². The van der Waals surface area contributed by atoms with Crippen molar-refractivity contribution >= 4 is 0 Å². The molecule has 2 aromatic rings. The Morgan fingerprint density at radius 3 is 2.45 bits per heavy atom. The lowest BCUT2D eigenvalue weighted by atomic mass is 10.0. The van der Waals surface area contributed by atoms with E-state index in [1.54, 1.807) is 0 Å². The first kappa shape index (κ1) is 14.8. The van der Waals surface area contributed by atoms with Crippen LogP contribution in [0.5, 0.6) is 0 Å². The minimum Gasteiger partial charge on any atom is -0.310 e. The van der Waals surface area contributed by atoms with Crippen LogP contribution in [0.4, 0.5) is 0 Å². The Kier molecular flexibility index (Phi) is 4.96. The number of rotatable bonds is 6. The van der Waals surface area contributed by atoms with E-state index in [0.717, 1.165) is 19.4 Å². The summed E-state index contributed by atoms with van der Waals surface area (Å²) in [5.74, 6) is 0. The van der Waals surface area contributed by atoms with E-state index in [4.69, 9.17) is 0 Å². The highest BCUT2D eigenvalue weighted by Gasteiger charge is 2.06. The lowest BCUT2D eigenvalue weighted by molar-refractivity contribution is 0.557. The Morgan fingerprint density at radius 2 is 1.85 bits per heavy atom. The fraction of sp³-hybridized carbons (Fsp3) is 0.471. The quantitative estimate of drug-likeness (QED) is 0.788. The topological polar surface area (TPSA) is 40.7 Å². The Balaban J connectivity index is 1.80. The maximum atomic E-state index is 4.06. The lowest BCUT2D eigenvalue weighted by Gasteiger charge is -2.15. The van der Waals surface area contributed by atoms with Crippen LogP contribution in [0.2, 0.25) is 0 Å². The molecular weight excluding hydrogens is 246 g/mol. The molecule has 2 N–H and O–H groups in total. The van der Waals surface area contributed by atoms with E-state index < -0.39 is 0 Å². The first-order valence-electron chi connectivity index (χ1n) is 7.36. The summed E-state index contributed by atoms with van der Waals surface area (Å²) in [6.07, 6.45) is 4.15. The molecular formula is C17H25N3. The summed E-state index contributed by atoms with van der Waals surface area (Å²) in [5, 5.41) is 10.6. The van der Waals surface area contributed by atoms with Gasteiger partial charge >= 0.3 is 0 Å². The summed E-state index contributed by atoms with van der Waals surface area (Å²) in [6, 6.07) is 7.16. The van der Waals surface area contributed by atoms with Crippen LogP contribution in [0.15, 0.2) is 24.4 Å². The van der Waals surface area contributed by atoms with E-state index in [1.165, 1.54) is 27.9 Å². The van der Waals surface area contributed by atoms with Gasteiger partial charge in [0.1, 0.15) is 0 Å². The lowest BCUT2D eigenvalue weighted by Crippen LogP contribution is -2.20. The molecule has 1 aromatic heterocycles. The third-order valence-corrected chi connectivity index (χ3v) is 3.75. The van der Waals surface area contributed by atoms with Crippen molar-refractivity contribution in [1.82, 2.24) is 15.5 Å². The van der Waals surface area contributed by atoms with Crippen LogP contribution in [-0.4, -0.2) is 16.7 Å². The molecule has 0 saturated heterocycles. The number of hydrogen-bond donors (Lipinski definition) is 2. The summed E-state index contributed by atoms with van der Waals surface area (Å²) < 4.78 is 0. The third-order valence-electron chi connectivity index (χ3n) is 3.75. The van der Waals surface area contributed by atoms with Crippen LogP contribution in [0.3, 0.4) is 0 Å². The summed E-state index contributed by atoms with van der Waals surface area (Å²) in [4.78, 5) is 0. The second-order valence-electron chi connectivity index (χ2n) is 5.72. The maximum Gasteiger partial charge on any atom is 0.0522 e. The predicted molar refractivity (Wildman–Crippen MR) is 84.0 cm³/mol. The van der Waals surface area contributed by atoms with Gasteiger partial charge in [-0.05, 0) is 58.2 Å². The highest BCUT2D eigenvalue weighted by Crippen LogP contribution is 2.16. The van der Waals surface area contributed by atoms with Crippen LogP contribution >= 0.6 is 0 Å². The second-order valence-corrected chi connectivity index (χ2v) is 5.72. The van der Waals surface area contributed by atoms with Gasteiger partial charge in [0.25, 0.3) is 0 Å². The number of aromatic amines is 1. The Bertz CT molecular complexity index is 537. The number of nitrogens with zero attached hydrogens (tertiary/aromatic N) is 1. The Morgan fingerprint density at radius 1 is 1.15 bits per heavy atom. The standard InChI is InChI=1S/C17H25N3/c1-12-8-13(2)10-17(9-12)14(3)18-7-5-6-16-11-19-20-15(16)4/h8-11,14,18H,5-7H2,1-4H3,(H,19,20). The molecule has 1 heterocycles. The number of benzene rings is 1. The third kappa shape index (κ3) is 3.94. The van der Waals surface area contributed by atoms with Gasteiger partial charge in [-0.3, -0.25) is 5.10 Å². The molecule has 0 spiro atoms. The van der Waals surface area contributed by atoms with Crippen molar-refractivity contribution in [1.29, 1.82) is 0 Å². The number of nitrogens with one attached hydrogen (secondary N) is 2. The zero-order valence-corrected chi connectivity index (χ0v) is 13.0. The first-order valence-corrected chi connectivity index (χ1v) is 7.36. The highest BCUT2D eigenvalue weighted by molar-refractivity contribution is 5.30. The second kappa shape index (κ2) is 6.71. The molecule has 0 fully saturated rings. The van der Waals surface area contributed by atoms with Gasteiger partial charge in [0.05, 0.1) is 6.20 Å². The molecule has 0 aliphatic rings. The van der Waals surface area contributed by atoms with Crippen molar-refractivity contribution in [3.63, 3.8) is 0 Å². The minimum absolute atomic E-state index is 0.402. The van der Waals surface area contributed by atoms with Gasteiger partial charge in [0.15, 0.2) is 0 Å². The van der Waals surface area contributed by atoms with Gasteiger partial charge in [-0.15, -0.1) is 0 Å². The van der Waals surface area contributed by atoms with Crippen LogP contribution < -0.4 is 5.32 Å². The van der Waals surface area contributed by atoms with Crippen LogP contribution in [0.1, 0.15) is 47.3 Å². The molecule has 0 bridgehead atoms. The molecule has 1 aromatic carbocycles. The fourth-order valence-corrected chi connectivity index (χ4v) is 2.60. The van der Waals surface area contributed by atoms with E-state index in [0.29, 0.717) is 6.04 Å². The van der Waals surface area contributed by atoms with Crippen molar-refractivity contribution in [2.75, 3.05) is 6.54 Å². The van der Waals surface area contributed by atoms with Crippen molar-refractivity contribution < 1.29 is 0 Å². The Hall–Kier alpha value is -1.61. The normalized spacial score (nSPS) is 12.6. The number of aryl methyl sites for hydroxylation is 4. The largest absolute Gasteiger partial charge is 0.310 e. The van der Waals surface area contributed by atoms with Crippen molar-refractivity contribution in [2.24, 2.45) is 0 Å². The Labute approximate surface area is 121 Å². The summed E-state index contributed by atoms with van der Waals surface area (Å²) in [7, 11) is 0. The number of aromatic nitrogens is 2. The molecule has 108 valence electrons. The zero-order chi connectivity index (χ0) is 14.5. The molecule has 3 heteroatoms. The molecule has 0 saturated carbocycles. The molecule has 3 nitrogen and oxygen atoms in total. The van der Waals surface area contributed by atoms with Gasteiger partial charge in [0, 0.05) is 11.7 Å². The number of H-pyrrole nitrogens is 1. The molecule has 1 unspecified atom stereocenters. The summed E-state index contributed by atoms with van der Waals surface area (Å²) in [5.41, 5.74) is 6.56. The fourth-order valence-electron chi connectivity index (χ4n) is 2.60.